The Morgan fingerprint density at radius 2 is 2.08 bits per heavy atom. The highest BCUT2D eigenvalue weighted by atomic mass is 79.9. The fraction of sp³-hybridized carbons (Fsp3) is 0.556. The van der Waals surface area contributed by atoms with Gasteiger partial charge in [-0.25, -0.2) is 4.79 Å². The third-order valence-electron chi connectivity index (χ3n) is 3.96. The molecule has 0 bridgehead atoms. The van der Waals surface area contributed by atoms with Crippen LogP contribution in [0.1, 0.15) is 44.0 Å². The van der Waals surface area contributed by atoms with E-state index in [2.05, 4.69) is 36.7 Å². The van der Waals surface area contributed by atoms with Crippen LogP contribution >= 0.6 is 27.7 Å². The highest BCUT2D eigenvalue weighted by Gasteiger charge is 2.44. The molecule has 0 radical (unpaired) electrons. The molecule has 24 heavy (non-hydrogen) atoms. The van der Waals surface area contributed by atoms with E-state index < -0.39 is 6.04 Å². The zero-order chi connectivity index (χ0) is 17.7. The van der Waals surface area contributed by atoms with Gasteiger partial charge in [-0.2, -0.15) is 0 Å². The van der Waals surface area contributed by atoms with Crippen molar-refractivity contribution in [3.8, 4) is 0 Å². The summed E-state index contributed by atoms with van der Waals surface area (Å²) in [5, 5.41) is -0.0201. The van der Waals surface area contributed by atoms with Crippen molar-refractivity contribution in [2.75, 3.05) is 12.4 Å². The van der Waals surface area contributed by atoms with E-state index in [0.717, 1.165) is 17.3 Å². The summed E-state index contributed by atoms with van der Waals surface area (Å²) >= 11 is 5.09. The number of amides is 1. The molecule has 2 atom stereocenters. The number of carbonyl (C=O) groups is 2. The number of hydrogen-bond donors (Lipinski definition) is 0. The minimum Gasteiger partial charge on any atom is -0.464 e. The van der Waals surface area contributed by atoms with Crippen LogP contribution in [-0.4, -0.2) is 40.6 Å². The lowest BCUT2D eigenvalue weighted by atomic mass is 10.1. The molecule has 0 N–H and O–H groups in total. The number of rotatable bonds is 6. The van der Waals surface area contributed by atoms with Crippen LogP contribution in [0.25, 0.3) is 0 Å². The van der Waals surface area contributed by atoms with Gasteiger partial charge >= 0.3 is 5.97 Å². The Kier molecular flexibility index (Phi) is 7.16. The van der Waals surface area contributed by atoms with Crippen LogP contribution in [0.4, 0.5) is 0 Å². The summed E-state index contributed by atoms with van der Waals surface area (Å²) in [6.45, 7) is 6.61. The van der Waals surface area contributed by atoms with E-state index in [1.165, 1.54) is 0 Å². The lowest BCUT2D eigenvalue weighted by Gasteiger charge is -2.30. The number of hydrogen-bond acceptors (Lipinski definition) is 4. The Labute approximate surface area is 156 Å². The van der Waals surface area contributed by atoms with Crippen molar-refractivity contribution in [2.45, 2.75) is 45.0 Å². The van der Waals surface area contributed by atoms with E-state index in [9.17, 15) is 9.59 Å². The topological polar surface area (TPSA) is 46.6 Å². The summed E-state index contributed by atoms with van der Waals surface area (Å²) in [5.41, 5.74) is 0.581. The second-order valence-electron chi connectivity index (χ2n) is 6.20. The minimum absolute atomic E-state index is 0.0201. The number of unbranched alkanes of at least 4 members (excludes halogenated alkanes) is 1. The Morgan fingerprint density at radius 1 is 1.38 bits per heavy atom. The van der Waals surface area contributed by atoms with Gasteiger partial charge in [0.25, 0.3) is 5.91 Å². The lowest BCUT2D eigenvalue weighted by molar-refractivity contribution is -0.148. The van der Waals surface area contributed by atoms with Crippen molar-refractivity contribution in [1.82, 2.24) is 4.90 Å². The van der Waals surface area contributed by atoms with Crippen molar-refractivity contribution in [2.24, 2.45) is 5.92 Å². The molecule has 1 saturated heterocycles. The van der Waals surface area contributed by atoms with Crippen LogP contribution in [-0.2, 0) is 9.53 Å². The molecule has 1 amide bonds. The average molecular weight is 414 g/mol. The standard InChI is InChI=1S/C18H24BrNO3S/c1-4-5-10-23-18(22)15-11-24-17(12(2)3)20(15)16(21)13-8-6-7-9-14(13)19/h6-9,12,15,17H,4-5,10-11H2,1-3H3. The maximum atomic E-state index is 13.1. The molecule has 2 unspecified atom stereocenters. The molecule has 1 fully saturated rings. The van der Waals surface area contributed by atoms with Crippen molar-refractivity contribution in [1.29, 1.82) is 0 Å². The Morgan fingerprint density at radius 3 is 2.71 bits per heavy atom. The van der Waals surface area contributed by atoms with Gasteiger partial charge in [0.05, 0.1) is 17.5 Å². The molecule has 1 aromatic carbocycles. The first kappa shape index (κ1) is 19.3. The molecule has 1 heterocycles. The highest BCUT2D eigenvalue weighted by Crippen LogP contribution is 2.36. The summed E-state index contributed by atoms with van der Waals surface area (Å²) in [6, 6.07) is 6.82. The lowest BCUT2D eigenvalue weighted by Crippen LogP contribution is -2.47. The first-order chi connectivity index (χ1) is 11.5. The number of ether oxygens (including phenoxy) is 1. The first-order valence-electron chi connectivity index (χ1n) is 8.32. The van der Waals surface area contributed by atoms with E-state index in [-0.39, 0.29) is 23.2 Å². The molecule has 0 aliphatic carbocycles. The van der Waals surface area contributed by atoms with Crippen molar-refractivity contribution in [3.05, 3.63) is 34.3 Å². The first-order valence-corrected chi connectivity index (χ1v) is 10.2. The van der Waals surface area contributed by atoms with Gasteiger partial charge in [-0.15, -0.1) is 11.8 Å². The largest absolute Gasteiger partial charge is 0.464 e. The molecule has 0 saturated carbocycles. The second-order valence-corrected chi connectivity index (χ2v) is 8.20. The van der Waals surface area contributed by atoms with Crippen LogP contribution in [0.5, 0.6) is 0 Å². The predicted molar refractivity (Wildman–Crippen MR) is 101 cm³/mol. The van der Waals surface area contributed by atoms with Gasteiger partial charge in [0.2, 0.25) is 0 Å². The molecular formula is C18H24BrNO3S. The molecule has 0 aromatic heterocycles. The second kappa shape index (κ2) is 8.90. The van der Waals surface area contributed by atoms with Gasteiger partial charge < -0.3 is 9.64 Å². The third-order valence-corrected chi connectivity index (χ3v) is 6.27. The average Bonchev–Trinajstić information content (AvgIpc) is 3.00. The number of nitrogens with zero attached hydrogens (tertiary/aromatic N) is 1. The van der Waals surface area contributed by atoms with Crippen molar-refractivity contribution >= 4 is 39.6 Å². The summed E-state index contributed by atoms with van der Waals surface area (Å²) in [7, 11) is 0. The fourth-order valence-electron chi connectivity index (χ4n) is 2.67. The number of esters is 1. The van der Waals surface area contributed by atoms with Gasteiger partial charge in [-0.1, -0.05) is 39.3 Å². The third kappa shape index (κ3) is 4.33. The van der Waals surface area contributed by atoms with E-state index in [4.69, 9.17) is 4.74 Å². The number of carbonyl (C=O) groups excluding carboxylic acids is 2. The van der Waals surface area contributed by atoms with E-state index in [1.807, 2.05) is 18.2 Å². The van der Waals surface area contributed by atoms with E-state index in [0.29, 0.717) is 17.9 Å². The van der Waals surface area contributed by atoms with E-state index in [1.54, 1.807) is 22.7 Å². The van der Waals surface area contributed by atoms with Gasteiger partial charge in [0, 0.05) is 10.2 Å². The quantitative estimate of drug-likeness (QED) is 0.514. The molecule has 1 aliphatic heterocycles. The zero-order valence-corrected chi connectivity index (χ0v) is 16.7. The summed E-state index contributed by atoms with van der Waals surface area (Å²) in [4.78, 5) is 27.3. The molecule has 4 nitrogen and oxygen atoms in total. The van der Waals surface area contributed by atoms with Crippen LogP contribution in [0.2, 0.25) is 0 Å². The van der Waals surface area contributed by atoms with Gasteiger partial charge in [-0.3, -0.25) is 4.79 Å². The molecular weight excluding hydrogens is 390 g/mol. The van der Waals surface area contributed by atoms with Crippen LogP contribution < -0.4 is 0 Å². The Bertz CT molecular complexity index is 593. The maximum Gasteiger partial charge on any atom is 0.329 e. The van der Waals surface area contributed by atoms with Gasteiger partial charge in [-0.05, 0) is 40.4 Å². The molecule has 1 aromatic rings. The molecule has 1 aliphatic rings. The highest BCUT2D eigenvalue weighted by molar-refractivity contribution is 9.10. The summed E-state index contributed by atoms with van der Waals surface area (Å²) in [6.07, 6.45) is 1.82. The van der Waals surface area contributed by atoms with Crippen LogP contribution in [0.15, 0.2) is 28.7 Å². The fourth-order valence-corrected chi connectivity index (χ4v) is 4.59. The zero-order valence-electron chi connectivity index (χ0n) is 14.3. The van der Waals surface area contributed by atoms with E-state index >= 15 is 0 Å². The summed E-state index contributed by atoms with van der Waals surface area (Å²) < 4.78 is 6.13. The summed E-state index contributed by atoms with van der Waals surface area (Å²) in [5.74, 6) is 0.433. The van der Waals surface area contributed by atoms with Gasteiger partial charge in [0.15, 0.2) is 0 Å². The normalized spacial score (nSPS) is 20.5. The number of halogens is 1. The molecule has 0 spiro atoms. The van der Waals surface area contributed by atoms with Crippen molar-refractivity contribution < 1.29 is 14.3 Å². The van der Waals surface area contributed by atoms with Crippen LogP contribution in [0, 0.1) is 5.92 Å². The monoisotopic (exact) mass is 413 g/mol. The van der Waals surface area contributed by atoms with Gasteiger partial charge in [0.1, 0.15) is 6.04 Å². The molecule has 2 rings (SSSR count). The SMILES string of the molecule is CCCCOC(=O)C1CSC(C(C)C)N1C(=O)c1ccccc1Br. The van der Waals surface area contributed by atoms with Crippen LogP contribution in [0.3, 0.4) is 0 Å². The Balaban J connectivity index is 2.23. The predicted octanol–water partition coefficient (Wildman–Crippen LogP) is 4.33. The maximum absolute atomic E-state index is 13.1. The molecule has 6 heteroatoms. The molecule has 132 valence electrons. The number of thioether (sulfide) groups is 1. The minimum atomic E-state index is -0.515. The Hall–Kier alpha value is -1.01. The smallest absolute Gasteiger partial charge is 0.329 e. The van der Waals surface area contributed by atoms with Crippen molar-refractivity contribution in [3.63, 3.8) is 0 Å². The number of benzene rings is 1.